The number of hydrogen-bond acceptors (Lipinski definition) is 9. The van der Waals surface area contributed by atoms with Crippen LogP contribution in [0.1, 0.15) is 10.4 Å². The number of methoxy groups -OCH3 is 1. The zero-order valence-electron chi connectivity index (χ0n) is 18.1. The van der Waals surface area contributed by atoms with Gasteiger partial charge in [0, 0.05) is 5.56 Å². The molecule has 34 heavy (non-hydrogen) atoms. The molecule has 0 spiro atoms. The van der Waals surface area contributed by atoms with Crippen LogP contribution in [0.4, 0.5) is 10.5 Å². The monoisotopic (exact) mass is 488 g/mol. The number of anilines is 1. The molecule has 2 aliphatic heterocycles. The second-order valence-electron chi connectivity index (χ2n) is 7.97. The molecule has 0 saturated carbocycles. The first-order valence-corrected chi connectivity index (χ1v) is 11.4. The van der Waals surface area contributed by atoms with E-state index in [9.17, 15) is 34.8 Å². The molecular formula is C23H24N2O8S. The lowest BCUT2D eigenvalue weighted by Crippen LogP contribution is -2.75. The summed E-state index contributed by atoms with van der Waals surface area (Å²) in [4.78, 5) is 42.1. The fourth-order valence-corrected chi connectivity index (χ4v) is 5.56. The van der Waals surface area contributed by atoms with Crippen molar-refractivity contribution in [1.82, 2.24) is 4.90 Å². The van der Waals surface area contributed by atoms with Gasteiger partial charge in [-0.25, -0.2) is 4.90 Å². The number of hydrogen-bond donors (Lipinski definition) is 4. The number of amides is 3. The number of thioether (sulfide) groups is 1. The third-order valence-corrected chi connectivity index (χ3v) is 7.22. The molecule has 2 saturated heterocycles. The number of carbonyl (C=O) groups excluding carboxylic acids is 3. The molecule has 11 heteroatoms. The summed E-state index contributed by atoms with van der Waals surface area (Å²) in [5.41, 5.74) is 0.402. The summed E-state index contributed by atoms with van der Waals surface area (Å²) in [6.07, 6.45) is -4.98. The molecule has 2 aliphatic rings. The van der Waals surface area contributed by atoms with Crippen LogP contribution in [0.25, 0.3) is 0 Å². The number of aliphatic hydroxyl groups excluding tert-OH is 4. The molecule has 6 atom stereocenters. The van der Waals surface area contributed by atoms with Crippen molar-refractivity contribution in [3.8, 4) is 5.75 Å². The first-order valence-electron chi connectivity index (χ1n) is 10.5. The molecular weight excluding hydrogens is 464 g/mol. The molecule has 3 unspecified atom stereocenters. The third-order valence-electron chi connectivity index (χ3n) is 6.03. The number of ether oxygens (including phenoxy) is 1. The number of imide groups is 1. The Balaban J connectivity index is 1.81. The summed E-state index contributed by atoms with van der Waals surface area (Å²) >= 11 is 0.623. The minimum Gasteiger partial charge on any atom is -0.497 e. The van der Waals surface area contributed by atoms with Crippen LogP contribution in [-0.4, -0.2) is 91.7 Å². The third kappa shape index (κ3) is 4.05. The van der Waals surface area contributed by atoms with E-state index in [2.05, 4.69) is 0 Å². The lowest BCUT2D eigenvalue weighted by Gasteiger charge is -2.53. The van der Waals surface area contributed by atoms with Crippen molar-refractivity contribution >= 4 is 34.5 Å². The Kier molecular flexibility index (Phi) is 6.91. The van der Waals surface area contributed by atoms with Gasteiger partial charge in [-0.3, -0.25) is 14.4 Å². The van der Waals surface area contributed by atoms with Crippen molar-refractivity contribution in [2.45, 2.75) is 35.6 Å². The van der Waals surface area contributed by atoms with E-state index >= 15 is 0 Å². The van der Waals surface area contributed by atoms with Crippen molar-refractivity contribution in [1.29, 1.82) is 0 Å². The van der Waals surface area contributed by atoms with Crippen LogP contribution in [-0.2, 0) is 4.79 Å². The molecule has 2 heterocycles. The fraction of sp³-hybridized carbons (Fsp3) is 0.348. The standard InChI is InChI=1S/C23H24N2O8S/c1-33-14-9-7-13(8-10-14)24-22(31)17-20(34-23(24)32)19(29)18(28)16(15(27)11-26)25(17)21(30)12-5-3-2-4-6-12/h2-10,15-20,26-29H,11H2,1H3/t15-,16?,17?,18-,19+,20?/m0/s1. The van der Waals surface area contributed by atoms with E-state index < -0.39 is 59.3 Å². The maximum atomic E-state index is 13.7. The topological polar surface area (TPSA) is 148 Å². The number of piperidine rings is 1. The van der Waals surface area contributed by atoms with Crippen molar-refractivity contribution in [2.24, 2.45) is 0 Å². The van der Waals surface area contributed by atoms with E-state index in [1.54, 1.807) is 30.3 Å². The Bertz CT molecular complexity index is 1070. The summed E-state index contributed by atoms with van der Waals surface area (Å²) in [5, 5.41) is 39.8. The smallest absolute Gasteiger partial charge is 0.293 e. The Morgan fingerprint density at radius 1 is 1.06 bits per heavy atom. The first-order chi connectivity index (χ1) is 16.3. The van der Waals surface area contributed by atoms with Crippen LogP contribution < -0.4 is 9.64 Å². The summed E-state index contributed by atoms with van der Waals surface area (Å²) in [5.74, 6) is -0.990. The SMILES string of the molecule is COc1ccc(N2C(=O)SC3C(C2=O)N(C(=O)c2ccccc2)C([C@@H](O)CO)[C@H](O)[C@H]3O)cc1. The number of likely N-dealkylation sites (tertiary alicyclic amines) is 1. The van der Waals surface area contributed by atoms with E-state index in [0.29, 0.717) is 17.5 Å². The van der Waals surface area contributed by atoms with Crippen LogP contribution in [0.2, 0.25) is 0 Å². The number of fused-ring (bicyclic) bond motifs is 1. The number of aliphatic hydroxyl groups is 4. The molecule has 4 rings (SSSR count). The minimum absolute atomic E-state index is 0.172. The summed E-state index contributed by atoms with van der Waals surface area (Å²) < 4.78 is 5.11. The van der Waals surface area contributed by atoms with Gasteiger partial charge in [0.1, 0.15) is 24.0 Å². The fourth-order valence-electron chi connectivity index (χ4n) is 4.35. The Labute approximate surface area is 199 Å². The predicted octanol–water partition coefficient (Wildman–Crippen LogP) is 0.232. The van der Waals surface area contributed by atoms with Crippen molar-refractivity contribution < 1.29 is 39.5 Å². The molecule has 3 amide bonds. The van der Waals surface area contributed by atoms with Gasteiger partial charge in [-0.15, -0.1) is 0 Å². The Hall–Kier alpha value is -2.96. The maximum Gasteiger partial charge on any atom is 0.293 e. The summed E-state index contributed by atoms with van der Waals surface area (Å²) in [7, 11) is 1.47. The van der Waals surface area contributed by atoms with E-state index in [1.165, 1.54) is 31.4 Å². The quantitative estimate of drug-likeness (QED) is 0.464. The Morgan fingerprint density at radius 2 is 1.71 bits per heavy atom. The van der Waals surface area contributed by atoms with Gasteiger partial charge in [0.15, 0.2) is 0 Å². The Morgan fingerprint density at radius 3 is 2.29 bits per heavy atom. The molecule has 10 nitrogen and oxygen atoms in total. The lowest BCUT2D eigenvalue weighted by molar-refractivity contribution is -0.143. The lowest BCUT2D eigenvalue weighted by atomic mass is 9.85. The van der Waals surface area contributed by atoms with Crippen LogP contribution in [0, 0.1) is 0 Å². The van der Waals surface area contributed by atoms with Gasteiger partial charge in [0.25, 0.3) is 17.1 Å². The second-order valence-corrected chi connectivity index (χ2v) is 9.09. The highest BCUT2D eigenvalue weighted by Gasteiger charge is 2.59. The van der Waals surface area contributed by atoms with Crippen molar-refractivity contribution in [2.75, 3.05) is 18.6 Å². The number of nitrogens with zero attached hydrogens (tertiary/aromatic N) is 2. The van der Waals surface area contributed by atoms with Gasteiger partial charge in [-0.1, -0.05) is 30.0 Å². The summed E-state index contributed by atoms with van der Waals surface area (Å²) in [6, 6.07) is 11.2. The van der Waals surface area contributed by atoms with Crippen molar-refractivity contribution in [3.63, 3.8) is 0 Å². The average Bonchev–Trinajstić information content (AvgIpc) is 2.86. The van der Waals surface area contributed by atoms with Gasteiger partial charge in [0.2, 0.25) is 0 Å². The second kappa shape index (κ2) is 9.72. The predicted molar refractivity (Wildman–Crippen MR) is 123 cm³/mol. The van der Waals surface area contributed by atoms with Crippen LogP contribution in [0.3, 0.4) is 0 Å². The molecule has 0 bridgehead atoms. The number of benzene rings is 2. The van der Waals surface area contributed by atoms with Gasteiger partial charge in [0.05, 0.1) is 36.8 Å². The van der Waals surface area contributed by atoms with Gasteiger partial charge in [-0.2, -0.15) is 0 Å². The number of carbonyl (C=O) groups is 3. The highest BCUT2D eigenvalue weighted by atomic mass is 32.2. The molecule has 2 aromatic rings. The largest absolute Gasteiger partial charge is 0.497 e. The van der Waals surface area contributed by atoms with E-state index in [0.717, 1.165) is 9.80 Å². The van der Waals surface area contributed by atoms with Crippen LogP contribution >= 0.6 is 11.8 Å². The van der Waals surface area contributed by atoms with E-state index in [4.69, 9.17) is 4.74 Å². The zero-order valence-corrected chi connectivity index (χ0v) is 18.9. The molecule has 4 N–H and O–H groups in total. The molecule has 0 aliphatic carbocycles. The normalized spacial score (nSPS) is 27.9. The molecule has 2 fully saturated rings. The average molecular weight is 489 g/mol. The molecule has 0 aromatic heterocycles. The molecule has 180 valence electrons. The summed E-state index contributed by atoms with van der Waals surface area (Å²) in [6.45, 7) is -0.827. The van der Waals surface area contributed by atoms with Crippen LogP contribution in [0.5, 0.6) is 5.75 Å². The van der Waals surface area contributed by atoms with Gasteiger partial charge >= 0.3 is 0 Å². The molecule has 0 radical (unpaired) electrons. The zero-order chi connectivity index (χ0) is 24.6. The van der Waals surface area contributed by atoms with Gasteiger partial charge < -0.3 is 30.1 Å². The van der Waals surface area contributed by atoms with E-state index in [-0.39, 0.29) is 11.3 Å². The van der Waals surface area contributed by atoms with Crippen LogP contribution in [0.15, 0.2) is 54.6 Å². The molecule has 2 aromatic carbocycles. The highest BCUT2D eigenvalue weighted by Crippen LogP contribution is 2.41. The minimum atomic E-state index is -1.71. The van der Waals surface area contributed by atoms with Crippen molar-refractivity contribution in [3.05, 3.63) is 60.2 Å². The number of rotatable bonds is 5. The highest BCUT2D eigenvalue weighted by molar-refractivity contribution is 8.14. The van der Waals surface area contributed by atoms with Gasteiger partial charge in [-0.05, 0) is 36.4 Å². The maximum absolute atomic E-state index is 13.7. The van der Waals surface area contributed by atoms with E-state index in [1.807, 2.05) is 0 Å². The first kappa shape index (κ1) is 24.2.